The number of methoxy groups -OCH3 is 6. The van der Waals surface area contributed by atoms with Crippen molar-refractivity contribution >= 4 is 29.2 Å². The van der Waals surface area contributed by atoms with Crippen molar-refractivity contribution in [3.05, 3.63) is 71.8 Å². The number of carbonyl (C=O) groups is 3. The van der Waals surface area contributed by atoms with Gasteiger partial charge in [0.1, 0.15) is 12.0 Å². The number of anilines is 2. The minimum atomic E-state index is -0.927. The summed E-state index contributed by atoms with van der Waals surface area (Å²) in [5, 5.41) is 14.2. The predicted molar refractivity (Wildman–Crippen MR) is 224 cm³/mol. The average molecular weight is 799 g/mol. The zero-order valence-electron chi connectivity index (χ0n) is 34.5. The molecule has 0 bridgehead atoms. The van der Waals surface area contributed by atoms with Gasteiger partial charge in [-0.2, -0.15) is 0 Å². The summed E-state index contributed by atoms with van der Waals surface area (Å²) in [5.41, 5.74) is 3.74. The lowest BCUT2D eigenvalue weighted by molar-refractivity contribution is -0.307. The number of rotatable bonds is 21. The van der Waals surface area contributed by atoms with E-state index < -0.39 is 11.4 Å². The summed E-state index contributed by atoms with van der Waals surface area (Å²) >= 11 is 0. The van der Waals surface area contributed by atoms with Crippen LogP contribution in [-0.2, 0) is 59.0 Å². The highest BCUT2D eigenvalue weighted by molar-refractivity contribution is 5.89. The van der Waals surface area contributed by atoms with Gasteiger partial charge < -0.3 is 44.2 Å². The van der Waals surface area contributed by atoms with E-state index in [-0.39, 0.29) is 51.4 Å². The van der Waals surface area contributed by atoms with Gasteiger partial charge >= 0.3 is 5.97 Å². The lowest BCUT2D eigenvalue weighted by Crippen LogP contribution is -2.36. The number of amides is 2. The summed E-state index contributed by atoms with van der Waals surface area (Å²) in [4.78, 5) is 42.6. The highest BCUT2D eigenvalue weighted by Gasteiger charge is 2.33. The molecule has 2 aromatic rings. The molecule has 0 heterocycles. The van der Waals surface area contributed by atoms with Crippen molar-refractivity contribution in [2.24, 2.45) is 10.8 Å². The van der Waals surface area contributed by atoms with Crippen LogP contribution >= 0.6 is 0 Å². The van der Waals surface area contributed by atoms with E-state index in [0.717, 1.165) is 34.5 Å². The van der Waals surface area contributed by atoms with E-state index in [0.29, 0.717) is 33.0 Å². The lowest BCUT2D eigenvalue weighted by Gasteiger charge is -2.26. The summed E-state index contributed by atoms with van der Waals surface area (Å²) in [6.07, 6.45) is 1.03. The maximum absolute atomic E-state index is 11.0. The molecule has 2 amide bonds. The fourth-order valence-electron chi connectivity index (χ4n) is 4.31. The van der Waals surface area contributed by atoms with Crippen LogP contribution in [0.25, 0.3) is 0 Å². The Hall–Kier alpha value is -3.73. The summed E-state index contributed by atoms with van der Waals surface area (Å²) < 4.78 is 29.4. The second-order valence-electron chi connectivity index (χ2n) is 13.3. The van der Waals surface area contributed by atoms with Crippen molar-refractivity contribution in [1.82, 2.24) is 0 Å². The van der Waals surface area contributed by atoms with Crippen LogP contribution in [0.5, 0.6) is 0 Å². The number of hydrogen-bond donors (Lipinski definition) is 3. The number of aliphatic carboxylic acids is 1. The fraction of sp³-hybridized carbons (Fsp3) is 0.595. The van der Waals surface area contributed by atoms with Crippen LogP contribution in [0.1, 0.15) is 67.5 Å². The Labute approximate surface area is 337 Å². The van der Waals surface area contributed by atoms with E-state index in [9.17, 15) is 14.4 Å². The summed E-state index contributed by atoms with van der Waals surface area (Å²) in [7, 11) is 9.58. The Kier molecular flexibility index (Phi) is 36.3. The molecule has 14 heteroatoms. The molecular weight excluding hydrogens is 724 g/mol. The molecule has 0 spiro atoms. The molecule has 0 aliphatic heterocycles. The minimum absolute atomic E-state index is 0. The molecule has 2 aromatic carbocycles. The number of benzene rings is 2. The van der Waals surface area contributed by atoms with Crippen LogP contribution in [0.3, 0.4) is 0 Å². The third kappa shape index (κ3) is 30.5. The molecule has 0 saturated carbocycles. The SMILES string of the molecule is C.C.C=C(C)COOCC(C)(COC)COC.CC(=O)Nc1ccc(Cc2ccc(NC(C)=O)cc2)cc1.COCC(C)(COC)C(=O)O.COCC(C)OC. The number of carboxylic acids is 1. The minimum Gasteiger partial charge on any atom is -0.481 e. The van der Waals surface area contributed by atoms with E-state index in [4.69, 9.17) is 43.3 Å². The standard InChI is InChI=1S/C17H18N2O2.C11H22O4.C7H14O4.C5H12O2.2CH4/c1-12(20)18-16-7-3-14(4-8-16)11-15-5-9-17(10-6-15)19-13(2)21;1-10(2)6-14-15-9-11(3,7-12-4)8-13-5;1-7(4-10-2,5-11-3)6(8)9;1-5(7-3)4-6-2;;/h3-10H,11H2,1-2H3,(H,18,20)(H,19,21);1,6-9H2,2-5H3;4-5H2,1-3H3,(H,8,9);5H,4H2,1-3H3;2*1H4. The van der Waals surface area contributed by atoms with Crippen molar-refractivity contribution in [3.8, 4) is 0 Å². The first-order chi connectivity index (χ1) is 25.4. The van der Waals surface area contributed by atoms with Crippen molar-refractivity contribution in [1.29, 1.82) is 0 Å². The number of ether oxygens (including phenoxy) is 6. The summed E-state index contributed by atoms with van der Waals surface area (Å²) in [6.45, 7) is 17.1. The van der Waals surface area contributed by atoms with Crippen LogP contribution in [0.4, 0.5) is 11.4 Å². The fourth-order valence-corrected chi connectivity index (χ4v) is 4.31. The molecule has 2 rings (SSSR count). The normalized spacial score (nSPS) is 10.9. The first-order valence-corrected chi connectivity index (χ1v) is 17.3. The number of nitrogens with one attached hydrogen (secondary N) is 2. The zero-order chi connectivity index (χ0) is 41.6. The molecule has 0 fully saturated rings. The Morgan fingerprint density at radius 2 is 1.05 bits per heavy atom. The van der Waals surface area contributed by atoms with Gasteiger partial charge in [0, 0.05) is 73.3 Å². The molecule has 0 aromatic heterocycles. The van der Waals surface area contributed by atoms with Gasteiger partial charge in [-0.05, 0) is 62.6 Å². The molecule has 0 saturated heterocycles. The Morgan fingerprint density at radius 3 is 1.32 bits per heavy atom. The molecule has 0 radical (unpaired) electrons. The first-order valence-electron chi connectivity index (χ1n) is 17.3. The van der Waals surface area contributed by atoms with Crippen LogP contribution < -0.4 is 10.6 Å². The maximum atomic E-state index is 11.0. The molecule has 0 aliphatic rings. The Balaban J connectivity index is -0.000000342. The van der Waals surface area contributed by atoms with Crippen LogP contribution in [0.2, 0.25) is 0 Å². The largest absolute Gasteiger partial charge is 0.481 e. The van der Waals surface area contributed by atoms with E-state index in [1.807, 2.05) is 69.3 Å². The average Bonchev–Trinajstić information content (AvgIpc) is 3.09. The van der Waals surface area contributed by atoms with Crippen LogP contribution in [0, 0.1) is 10.8 Å². The van der Waals surface area contributed by atoms with Gasteiger partial charge in [-0.3, -0.25) is 14.4 Å². The third-order valence-corrected chi connectivity index (χ3v) is 6.98. The van der Waals surface area contributed by atoms with Gasteiger partial charge in [0.25, 0.3) is 0 Å². The molecule has 1 atom stereocenters. The van der Waals surface area contributed by atoms with Crippen molar-refractivity contribution in [3.63, 3.8) is 0 Å². The zero-order valence-corrected chi connectivity index (χ0v) is 34.5. The van der Waals surface area contributed by atoms with Gasteiger partial charge in [-0.15, -0.1) is 0 Å². The van der Waals surface area contributed by atoms with Gasteiger partial charge in [-0.25, -0.2) is 9.78 Å². The Morgan fingerprint density at radius 1 is 0.661 bits per heavy atom. The summed E-state index contributed by atoms with van der Waals surface area (Å²) in [6, 6.07) is 15.5. The number of carbonyl (C=O) groups excluding carboxylic acids is 2. The molecule has 3 N–H and O–H groups in total. The quantitative estimate of drug-likeness (QED) is 0.0499. The predicted octanol–water partition coefficient (Wildman–Crippen LogP) is 7.31. The van der Waals surface area contributed by atoms with Gasteiger partial charge in [0.05, 0.1) is 45.7 Å². The highest BCUT2D eigenvalue weighted by atomic mass is 17.2. The van der Waals surface area contributed by atoms with Gasteiger partial charge in [-0.1, -0.05) is 58.2 Å². The van der Waals surface area contributed by atoms with E-state index >= 15 is 0 Å². The van der Waals surface area contributed by atoms with Gasteiger partial charge in [0.15, 0.2) is 0 Å². The van der Waals surface area contributed by atoms with E-state index in [1.54, 1.807) is 35.4 Å². The second-order valence-corrected chi connectivity index (χ2v) is 13.3. The maximum Gasteiger partial charge on any atom is 0.314 e. The van der Waals surface area contributed by atoms with E-state index in [1.165, 1.54) is 28.1 Å². The molecule has 324 valence electrons. The van der Waals surface area contributed by atoms with Crippen molar-refractivity contribution < 1.29 is 57.7 Å². The number of carboxylic acid groups (broad SMARTS) is 1. The molecule has 56 heavy (non-hydrogen) atoms. The van der Waals surface area contributed by atoms with Gasteiger partial charge in [0.2, 0.25) is 11.8 Å². The topological polar surface area (TPSA) is 169 Å². The first kappa shape index (κ1) is 59.0. The molecule has 1 unspecified atom stereocenters. The second kappa shape index (κ2) is 34.5. The smallest absolute Gasteiger partial charge is 0.314 e. The summed E-state index contributed by atoms with van der Waals surface area (Å²) in [5.74, 6) is -1.05. The van der Waals surface area contributed by atoms with E-state index in [2.05, 4.69) is 17.2 Å². The van der Waals surface area contributed by atoms with Crippen LogP contribution in [0.15, 0.2) is 60.7 Å². The highest BCUT2D eigenvalue weighted by Crippen LogP contribution is 2.19. The molecule has 14 nitrogen and oxygen atoms in total. The third-order valence-electron chi connectivity index (χ3n) is 6.98. The lowest BCUT2D eigenvalue weighted by atomic mass is 9.93. The number of hydrogen-bond acceptors (Lipinski definition) is 11. The van der Waals surface area contributed by atoms with Crippen molar-refractivity contribution in [2.45, 2.75) is 68.9 Å². The molecular formula is C42H74N2O12. The monoisotopic (exact) mass is 799 g/mol. The van der Waals surface area contributed by atoms with Crippen LogP contribution in [-0.4, -0.2) is 118 Å². The van der Waals surface area contributed by atoms with Crippen molar-refractivity contribution in [2.75, 3.05) is 99.5 Å². The Bertz CT molecular complexity index is 1230. The molecule has 0 aliphatic carbocycles.